The first-order chi connectivity index (χ1) is 15.8. The molecule has 0 atom stereocenters. The van der Waals surface area contributed by atoms with E-state index >= 15 is 0 Å². The summed E-state index contributed by atoms with van der Waals surface area (Å²) in [5.74, 6) is -0.650. The molecule has 4 rings (SSSR count). The first-order valence-electron chi connectivity index (χ1n) is 10.6. The Bertz CT molecular complexity index is 1590. The van der Waals surface area contributed by atoms with Gasteiger partial charge in [0.2, 0.25) is 0 Å². The molecular weight excluding hydrogens is 462 g/mol. The van der Waals surface area contributed by atoms with E-state index < -0.39 is 33.7 Å². The Labute approximate surface area is 196 Å². The molecule has 1 aliphatic carbocycles. The van der Waals surface area contributed by atoms with E-state index in [2.05, 4.69) is 15.0 Å². The molecule has 3 heterocycles. The molecule has 3 aromatic rings. The first-order valence-corrected chi connectivity index (χ1v) is 11.6. The number of aromatic amines is 1. The largest absolute Gasteiger partial charge is 0.384 e. The molecule has 12 nitrogen and oxygen atoms in total. The van der Waals surface area contributed by atoms with Gasteiger partial charge in [-0.25, -0.2) is 19.6 Å². The van der Waals surface area contributed by atoms with Gasteiger partial charge >= 0.3 is 11.4 Å². The molecule has 1 saturated carbocycles. The van der Waals surface area contributed by atoms with E-state index in [0.29, 0.717) is 5.82 Å². The van der Waals surface area contributed by atoms with Gasteiger partial charge in [-0.3, -0.25) is 33.1 Å². The highest BCUT2D eigenvalue weighted by Gasteiger charge is 2.30. The fourth-order valence-corrected chi connectivity index (χ4v) is 4.49. The summed E-state index contributed by atoms with van der Waals surface area (Å²) in [5.41, 5.74) is 2.77. The van der Waals surface area contributed by atoms with Crippen LogP contribution in [-0.4, -0.2) is 40.2 Å². The van der Waals surface area contributed by atoms with Crippen molar-refractivity contribution in [2.75, 3.05) is 11.5 Å². The number of rotatable bonds is 5. The van der Waals surface area contributed by atoms with E-state index in [4.69, 9.17) is 5.73 Å². The summed E-state index contributed by atoms with van der Waals surface area (Å²) < 4.78 is 3.44. The molecule has 0 radical (unpaired) electrons. The van der Waals surface area contributed by atoms with Crippen molar-refractivity contribution in [1.29, 1.82) is 0 Å². The second-order valence-corrected chi connectivity index (χ2v) is 10.3. The zero-order valence-corrected chi connectivity index (χ0v) is 20.3. The maximum Gasteiger partial charge on any atom is 0.332 e. The normalized spacial score (nSPS) is 14.0. The number of nitrogens with one attached hydrogen (secondary N) is 1. The number of nitrogens with two attached hydrogens (primary N) is 1. The third kappa shape index (κ3) is 3.89. The lowest BCUT2D eigenvalue weighted by Gasteiger charge is -2.19. The van der Waals surface area contributed by atoms with Gasteiger partial charge in [0, 0.05) is 25.6 Å². The van der Waals surface area contributed by atoms with Gasteiger partial charge in [0.25, 0.3) is 11.1 Å². The number of carbonyl (C=O) groups is 1. The number of Topliss-reactive ketones (excluding diaryl/α,β-unsaturated/α-hetero) is 1. The lowest BCUT2D eigenvalue weighted by atomic mass is 9.96. The Balaban J connectivity index is 1.82. The number of ketones is 1. The highest BCUT2D eigenvalue weighted by Crippen LogP contribution is 2.35. The van der Waals surface area contributed by atoms with Crippen molar-refractivity contribution >= 4 is 34.4 Å². The number of hydrogen-bond acceptors (Lipinski definition) is 9. The van der Waals surface area contributed by atoms with Gasteiger partial charge in [-0.2, -0.15) is 0 Å². The van der Waals surface area contributed by atoms with Gasteiger partial charge in [0.1, 0.15) is 27.6 Å². The van der Waals surface area contributed by atoms with Crippen molar-refractivity contribution in [3.63, 3.8) is 0 Å². The van der Waals surface area contributed by atoms with Crippen LogP contribution in [0.25, 0.3) is 11.0 Å². The Kier molecular flexibility index (Phi) is 5.62. The molecule has 0 unspecified atom stereocenters. The number of thioether (sulfide) groups is 1. The van der Waals surface area contributed by atoms with Crippen LogP contribution in [-0.2, 0) is 19.5 Å². The number of carbonyl (C=O) groups excluding carboxylic acids is 1. The average Bonchev–Trinajstić information content (AvgIpc) is 3.58. The fraction of sp³-hybridized carbons (Fsp3) is 0.476. The molecule has 13 heteroatoms. The summed E-state index contributed by atoms with van der Waals surface area (Å²) in [6.45, 7) is 5.65. The Morgan fingerprint density at radius 3 is 2.35 bits per heavy atom. The summed E-state index contributed by atoms with van der Waals surface area (Å²) in [5, 5.41) is 0.310. The molecule has 0 bridgehead atoms. The van der Waals surface area contributed by atoms with E-state index in [1.807, 2.05) is 20.8 Å². The lowest BCUT2D eigenvalue weighted by Crippen LogP contribution is -2.38. The highest BCUT2D eigenvalue weighted by atomic mass is 32.2. The summed E-state index contributed by atoms with van der Waals surface area (Å²) in [7, 11) is 2.85. The van der Waals surface area contributed by atoms with Crippen molar-refractivity contribution in [2.24, 2.45) is 14.1 Å². The van der Waals surface area contributed by atoms with Gasteiger partial charge < -0.3 is 5.73 Å². The third-order valence-electron chi connectivity index (χ3n) is 5.65. The van der Waals surface area contributed by atoms with Gasteiger partial charge in [-0.05, 0) is 12.8 Å². The Morgan fingerprint density at radius 2 is 1.76 bits per heavy atom. The van der Waals surface area contributed by atoms with E-state index in [1.54, 1.807) is 0 Å². The molecule has 0 aliphatic heterocycles. The van der Waals surface area contributed by atoms with Crippen LogP contribution in [0.2, 0.25) is 0 Å². The quantitative estimate of drug-likeness (QED) is 0.287. The monoisotopic (exact) mass is 487 g/mol. The van der Waals surface area contributed by atoms with E-state index in [9.17, 15) is 24.0 Å². The maximum absolute atomic E-state index is 13.0. The molecule has 0 amide bonds. The van der Waals surface area contributed by atoms with Crippen molar-refractivity contribution in [1.82, 2.24) is 28.7 Å². The standard InChI is InChI=1S/C21H25N7O5S/c1-21(2,3)18-23-14-12(17(31)27(5)20(33)26(14)4)16(25-18)34-8-10(29)11-13(22)28(9-6-7-9)19(32)24-15(11)30/h9H,6-8,22H2,1-5H3,(H,24,30,32). The minimum absolute atomic E-state index is 0.0974. The Morgan fingerprint density at radius 1 is 1.12 bits per heavy atom. The van der Waals surface area contributed by atoms with Gasteiger partial charge in [-0.15, -0.1) is 0 Å². The van der Waals surface area contributed by atoms with Crippen LogP contribution in [0.3, 0.4) is 0 Å². The maximum atomic E-state index is 13.0. The number of fused-ring (bicyclic) bond motifs is 1. The topological polar surface area (TPSA) is 168 Å². The zero-order chi connectivity index (χ0) is 25.1. The van der Waals surface area contributed by atoms with Crippen molar-refractivity contribution in [3.8, 4) is 0 Å². The van der Waals surface area contributed by atoms with Crippen LogP contribution < -0.4 is 28.2 Å². The molecule has 1 fully saturated rings. The van der Waals surface area contributed by atoms with Crippen LogP contribution >= 0.6 is 11.8 Å². The summed E-state index contributed by atoms with van der Waals surface area (Å²) in [6.07, 6.45) is 1.48. The number of nitrogen functional groups attached to an aromatic ring is 1. The molecule has 0 saturated heterocycles. The van der Waals surface area contributed by atoms with E-state index in [0.717, 1.165) is 29.2 Å². The number of anilines is 1. The zero-order valence-electron chi connectivity index (χ0n) is 19.5. The molecule has 3 N–H and O–H groups in total. The number of H-pyrrole nitrogens is 1. The van der Waals surface area contributed by atoms with Crippen LogP contribution in [0.15, 0.2) is 24.2 Å². The first kappa shape index (κ1) is 23.7. The predicted molar refractivity (Wildman–Crippen MR) is 128 cm³/mol. The van der Waals surface area contributed by atoms with Crippen molar-refractivity contribution in [3.05, 3.63) is 53.1 Å². The molecule has 180 valence electrons. The lowest BCUT2D eigenvalue weighted by molar-refractivity contribution is 0.102. The predicted octanol–water partition coefficient (Wildman–Crippen LogP) is 0.0668. The van der Waals surface area contributed by atoms with E-state index in [1.165, 1.54) is 23.2 Å². The molecule has 3 aromatic heterocycles. The average molecular weight is 488 g/mol. The van der Waals surface area contributed by atoms with E-state index in [-0.39, 0.29) is 39.2 Å². The van der Waals surface area contributed by atoms with Gasteiger partial charge in [0.15, 0.2) is 11.4 Å². The fourth-order valence-electron chi connectivity index (χ4n) is 3.61. The second-order valence-electron chi connectivity index (χ2n) is 9.34. The van der Waals surface area contributed by atoms with Crippen LogP contribution in [0.4, 0.5) is 5.82 Å². The smallest absolute Gasteiger partial charge is 0.332 e. The molecule has 34 heavy (non-hydrogen) atoms. The highest BCUT2D eigenvalue weighted by molar-refractivity contribution is 8.00. The molecule has 0 aromatic carbocycles. The number of hydrogen-bond donors (Lipinski definition) is 2. The number of aryl methyl sites for hydroxylation is 1. The Hall–Kier alpha value is -3.48. The summed E-state index contributed by atoms with van der Waals surface area (Å²) in [4.78, 5) is 74.1. The van der Waals surface area contributed by atoms with Crippen molar-refractivity contribution < 1.29 is 4.79 Å². The molecule has 0 spiro atoms. The summed E-state index contributed by atoms with van der Waals surface area (Å²) >= 11 is 0.947. The van der Waals surface area contributed by atoms with Crippen LogP contribution in [0.1, 0.15) is 55.8 Å². The minimum atomic E-state index is -0.855. The summed E-state index contributed by atoms with van der Waals surface area (Å²) in [6, 6.07) is -0.131. The number of aromatic nitrogens is 6. The van der Waals surface area contributed by atoms with Gasteiger partial charge in [-0.1, -0.05) is 32.5 Å². The minimum Gasteiger partial charge on any atom is -0.384 e. The van der Waals surface area contributed by atoms with Gasteiger partial charge in [0.05, 0.1) is 5.75 Å². The molecular formula is C21H25N7O5S. The van der Waals surface area contributed by atoms with Crippen molar-refractivity contribution in [2.45, 2.75) is 50.1 Å². The second kappa shape index (κ2) is 8.08. The third-order valence-corrected chi connectivity index (χ3v) is 6.63. The SMILES string of the molecule is Cn1c(=O)c2c(SCC(=O)c3c(N)n(C4CC4)c(=O)[nH]c3=O)nc(C(C)(C)C)nc2n(C)c1=O. The van der Waals surface area contributed by atoms with Crippen LogP contribution in [0.5, 0.6) is 0 Å². The van der Waals surface area contributed by atoms with Crippen LogP contribution in [0, 0.1) is 0 Å². The number of nitrogens with zero attached hydrogens (tertiary/aromatic N) is 5. The molecule has 1 aliphatic rings.